The molecule has 0 aromatic heterocycles. The zero-order chi connectivity index (χ0) is 12.9. The summed E-state index contributed by atoms with van der Waals surface area (Å²) in [7, 11) is 0. The molecule has 0 aliphatic carbocycles. The molecule has 0 bridgehead atoms. The maximum Gasteiger partial charge on any atom is 0.221 e. The second kappa shape index (κ2) is 11.9. The van der Waals surface area contributed by atoms with Crippen LogP contribution in [0.3, 0.4) is 0 Å². The number of carbonyl (C=O) groups is 1. The Kier molecular flexibility index (Phi) is 11.4. The SMILES string of the molecule is CCCCOCCNCCC(=O)NC(C)CC. The number of nitrogens with one attached hydrogen (secondary N) is 2. The van der Waals surface area contributed by atoms with Crippen LogP contribution in [0.2, 0.25) is 0 Å². The van der Waals surface area contributed by atoms with Crippen LogP contribution >= 0.6 is 0 Å². The van der Waals surface area contributed by atoms with E-state index >= 15 is 0 Å². The highest BCUT2D eigenvalue weighted by atomic mass is 16.5. The lowest BCUT2D eigenvalue weighted by Gasteiger charge is -2.11. The van der Waals surface area contributed by atoms with Gasteiger partial charge in [0, 0.05) is 32.2 Å². The van der Waals surface area contributed by atoms with Crippen molar-refractivity contribution in [3.05, 3.63) is 0 Å². The third-order valence-corrected chi connectivity index (χ3v) is 2.61. The van der Waals surface area contributed by atoms with E-state index in [1.54, 1.807) is 0 Å². The summed E-state index contributed by atoms with van der Waals surface area (Å²) in [6.45, 7) is 9.35. The molecule has 0 saturated carbocycles. The van der Waals surface area contributed by atoms with E-state index in [1.165, 1.54) is 6.42 Å². The topological polar surface area (TPSA) is 50.4 Å². The highest BCUT2D eigenvalue weighted by molar-refractivity contribution is 5.76. The first kappa shape index (κ1) is 16.4. The fraction of sp³-hybridized carbons (Fsp3) is 0.923. The minimum Gasteiger partial charge on any atom is -0.380 e. The fourth-order valence-electron chi connectivity index (χ4n) is 1.27. The molecule has 1 unspecified atom stereocenters. The smallest absolute Gasteiger partial charge is 0.221 e. The lowest BCUT2D eigenvalue weighted by Crippen LogP contribution is -2.34. The minimum atomic E-state index is 0.124. The molecule has 0 radical (unpaired) electrons. The van der Waals surface area contributed by atoms with Gasteiger partial charge in [-0.15, -0.1) is 0 Å². The molecule has 0 aromatic rings. The summed E-state index contributed by atoms with van der Waals surface area (Å²) >= 11 is 0. The molecular formula is C13H28N2O2. The first-order chi connectivity index (χ1) is 8.20. The van der Waals surface area contributed by atoms with Crippen molar-refractivity contribution in [2.45, 2.75) is 52.5 Å². The van der Waals surface area contributed by atoms with Gasteiger partial charge in [-0.1, -0.05) is 20.3 Å². The predicted molar refractivity (Wildman–Crippen MR) is 71.1 cm³/mol. The second-order valence-corrected chi connectivity index (χ2v) is 4.34. The van der Waals surface area contributed by atoms with Crippen LogP contribution in [0.5, 0.6) is 0 Å². The number of carbonyl (C=O) groups excluding carboxylic acids is 1. The Morgan fingerprint density at radius 3 is 2.65 bits per heavy atom. The molecule has 4 nitrogen and oxygen atoms in total. The van der Waals surface area contributed by atoms with Gasteiger partial charge in [0.15, 0.2) is 0 Å². The molecule has 0 fully saturated rings. The largest absolute Gasteiger partial charge is 0.380 e. The number of hydrogen-bond acceptors (Lipinski definition) is 3. The zero-order valence-corrected chi connectivity index (χ0v) is 11.6. The highest BCUT2D eigenvalue weighted by Crippen LogP contribution is 1.89. The summed E-state index contributed by atoms with van der Waals surface area (Å²) in [6, 6.07) is 0.278. The number of amides is 1. The molecule has 0 aliphatic rings. The van der Waals surface area contributed by atoms with Crippen molar-refractivity contribution in [1.29, 1.82) is 0 Å². The predicted octanol–water partition coefficient (Wildman–Crippen LogP) is 1.70. The van der Waals surface area contributed by atoms with Gasteiger partial charge < -0.3 is 15.4 Å². The molecule has 0 aromatic carbocycles. The Balaban J connectivity index is 3.19. The summed E-state index contributed by atoms with van der Waals surface area (Å²) < 4.78 is 5.40. The van der Waals surface area contributed by atoms with Gasteiger partial charge in [-0.3, -0.25) is 4.79 Å². The van der Waals surface area contributed by atoms with Crippen LogP contribution in [0.4, 0.5) is 0 Å². The van der Waals surface area contributed by atoms with Gasteiger partial charge in [-0.2, -0.15) is 0 Å². The van der Waals surface area contributed by atoms with Crippen molar-refractivity contribution in [2.24, 2.45) is 0 Å². The lowest BCUT2D eigenvalue weighted by atomic mass is 10.2. The Labute approximate surface area is 105 Å². The van der Waals surface area contributed by atoms with E-state index in [0.29, 0.717) is 6.42 Å². The highest BCUT2D eigenvalue weighted by Gasteiger charge is 2.04. The zero-order valence-electron chi connectivity index (χ0n) is 11.6. The summed E-state index contributed by atoms with van der Waals surface area (Å²) in [5.74, 6) is 0.124. The standard InChI is InChI=1S/C13H28N2O2/c1-4-6-10-17-11-9-14-8-7-13(16)15-12(3)5-2/h12,14H,4-11H2,1-3H3,(H,15,16). The summed E-state index contributed by atoms with van der Waals surface area (Å²) in [5.41, 5.74) is 0. The van der Waals surface area contributed by atoms with Gasteiger partial charge in [0.25, 0.3) is 0 Å². The molecule has 17 heavy (non-hydrogen) atoms. The number of ether oxygens (including phenoxy) is 1. The van der Waals surface area contributed by atoms with Crippen molar-refractivity contribution in [3.63, 3.8) is 0 Å². The average molecular weight is 244 g/mol. The van der Waals surface area contributed by atoms with E-state index in [-0.39, 0.29) is 11.9 Å². The first-order valence-electron chi connectivity index (χ1n) is 6.78. The van der Waals surface area contributed by atoms with Gasteiger partial charge in [0.1, 0.15) is 0 Å². The summed E-state index contributed by atoms with van der Waals surface area (Å²) in [4.78, 5) is 11.4. The van der Waals surface area contributed by atoms with Crippen LogP contribution in [0.25, 0.3) is 0 Å². The van der Waals surface area contributed by atoms with E-state index < -0.39 is 0 Å². The second-order valence-electron chi connectivity index (χ2n) is 4.34. The van der Waals surface area contributed by atoms with E-state index in [2.05, 4.69) is 24.5 Å². The Hall–Kier alpha value is -0.610. The number of hydrogen-bond donors (Lipinski definition) is 2. The molecule has 2 N–H and O–H groups in total. The molecule has 0 rings (SSSR count). The molecule has 0 aliphatic heterocycles. The van der Waals surface area contributed by atoms with Gasteiger partial charge in [-0.25, -0.2) is 0 Å². The normalized spacial score (nSPS) is 12.4. The van der Waals surface area contributed by atoms with Crippen molar-refractivity contribution < 1.29 is 9.53 Å². The van der Waals surface area contributed by atoms with Crippen LogP contribution in [0.1, 0.15) is 46.5 Å². The number of rotatable bonds is 11. The van der Waals surface area contributed by atoms with Crippen LogP contribution in [0.15, 0.2) is 0 Å². The Morgan fingerprint density at radius 1 is 1.24 bits per heavy atom. The van der Waals surface area contributed by atoms with Crippen molar-refractivity contribution in [2.75, 3.05) is 26.3 Å². The van der Waals surface area contributed by atoms with Gasteiger partial charge in [-0.05, 0) is 19.8 Å². The molecule has 1 amide bonds. The van der Waals surface area contributed by atoms with E-state index in [0.717, 1.165) is 39.1 Å². The molecule has 0 saturated heterocycles. The quantitative estimate of drug-likeness (QED) is 0.544. The summed E-state index contributed by atoms with van der Waals surface area (Å²) in [6.07, 6.45) is 3.81. The van der Waals surface area contributed by atoms with Crippen molar-refractivity contribution >= 4 is 5.91 Å². The van der Waals surface area contributed by atoms with Gasteiger partial charge >= 0.3 is 0 Å². The van der Waals surface area contributed by atoms with Crippen molar-refractivity contribution in [3.8, 4) is 0 Å². The fourth-order valence-corrected chi connectivity index (χ4v) is 1.27. The monoisotopic (exact) mass is 244 g/mol. The van der Waals surface area contributed by atoms with Crippen LogP contribution in [-0.2, 0) is 9.53 Å². The van der Waals surface area contributed by atoms with E-state index in [1.807, 2.05) is 6.92 Å². The Morgan fingerprint density at radius 2 is 2.00 bits per heavy atom. The summed E-state index contributed by atoms with van der Waals surface area (Å²) in [5, 5.41) is 6.14. The molecule has 102 valence electrons. The average Bonchev–Trinajstić information content (AvgIpc) is 2.32. The molecule has 0 heterocycles. The maximum atomic E-state index is 11.4. The third kappa shape index (κ3) is 11.6. The van der Waals surface area contributed by atoms with Crippen LogP contribution < -0.4 is 10.6 Å². The molecular weight excluding hydrogens is 216 g/mol. The van der Waals surface area contributed by atoms with Gasteiger partial charge in [0.2, 0.25) is 5.91 Å². The van der Waals surface area contributed by atoms with E-state index in [4.69, 9.17) is 4.74 Å². The van der Waals surface area contributed by atoms with E-state index in [9.17, 15) is 4.79 Å². The lowest BCUT2D eigenvalue weighted by molar-refractivity contribution is -0.121. The first-order valence-corrected chi connectivity index (χ1v) is 6.78. The third-order valence-electron chi connectivity index (χ3n) is 2.61. The molecule has 0 spiro atoms. The van der Waals surface area contributed by atoms with Crippen molar-refractivity contribution in [1.82, 2.24) is 10.6 Å². The minimum absolute atomic E-state index is 0.124. The maximum absolute atomic E-state index is 11.4. The Bertz CT molecular complexity index is 186. The van der Waals surface area contributed by atoms with Crippen LogP contribution in [-0.4, -0.2) is 38.3 Å². The van der Waals surface area contributed by atoms with Crippen LogP contribution in [0, 0.1) is 0 Å². The number of unbranched alkanes of at least 4 members (excludes halogenated alkanes) is 1. The molecule has 1 atom stereocenters. The van der Waals surface area contributed by atoms with Gasteiger partial charge in [0.05, 0.1) is 6.61 Å². The molecule has 4 heteroatoms.